The molecule has 10 heteroatoms. The van der Waals surface area contributed by atoms with Crippen LogP contribution in [0.25, 0.3) is 0 Å². The summed E-state index contributed by atoms with van der Waals surface area (Å²) in [4.78, 5) is 34.7. The van der Waals surface area contributed by atoms with E-state index in [1.807, 2.05) is 0 Å². The highest BCUT2D eigenvalue weighted by Crippen LogP contribution is 2.17. The van der Waals surface area contributed by atoms with Crippen LogP contribution in [0.1, 0.15) is 0 Å². The van der Waals surface area contributed by atoms with Gasteiger partial charge in [0.25, 0.3) is 10.9 Å². The molecule has 1 N–H and O–H groups in total. The molecule has 0 radical (unpaired) electrons. The van der Waals surface area contributed by atoms with E-state index in [2.05, 4.69) is 5.32 Å². The van der Waals surface area contributed by atoms with Gasteiger partial charge >= 0.3 is 6.16 Å². The van der Waals surface area contributed by atoms with E-state index in [1.54, 1.807) is 19.0 Å². The van der Waals surface area contributed by atoms with Crippen LogP contribution in [0, 0.1) is 10.1 Å². The van der Waals surface area contributed by atoms with E-state index in [9.17, 15) is 19.7 Å². The molecule has 0 aromatic heterocycles. The van der Waals surface area contributed by atoms with E-state index in [-0.39, 0.29) is 23.3 Å². The third-order valence-corrected chi connectivity index (χ3v) is 3.72. The van der Waals surface area contributed by atoms with Crippen molar-refractivity contribution in [2.24, 2.45) is 0 Å². The molecule has 132 valence electrons. The maximum absolute atomic E-state index is 11.7. The third-order valence-electron chi connectivity index (χ3n) is 2.79. The van der Waals surface area contributed by atoms with Gasteiger partial charge in [0.2, 0.25) is 0 Å². The number of nitrogens with zero attached hydrogens (tertiary/aromatic N) is 2. The van der Waals surface area contributed by atoms with Gasteiger partial charge in [-0.05, 0) is 19.2 Å². The minimum Gasteiger partial charge on any atom is -0.433 e. The molecule has 0 saturated carbocycles. The number of benzene rings is 1. The van der Waals surface area contributed by atoms with Gasteiger partial charge in [-0.1, -0.05) is 11.8 Å². The molecule has 0 fully saturated rings. The van der Waals surface area contributed by atoms with E-state index in [4.69, 9.17) is 9.47 Å². The minimum atomic E-state index is -0.930. The van der Waals surface area contributed by atoms with Crippen molar-refractivity contribution < 1.29 is 24.0 Å². The summed E-state index contributed by atoms with van der Waals surface area (Å²) < 4.78 is 9.70. The lowest BCUT2D eigenvalue weighted by Crippen LogP contribution is -2.30. The van der Waals surface area contributed by atoms with Crippen molar-refractivity contribution in [3.8, 4) is 5.75 Å². The second kappa shape index (κ2) is 10.4. The number of hydrogen-bond acceptors (Lipinski definition) is 8. The molecule has 0 atom stereocenters. The van der Waals surface area contributed by atoms with Gasteiger partial charge in [-0.25, -0.2) is 4.79 Å². The van der Waals surface area contributed by atoms with Crippen LogP contribution in [0.4, 0.5) is 15.3 Å². The van der Waals surface area contributed by atoms with Crippen LogP contribution < -0.4 is 10.1 Å². The first-order valence-corrected chi connectivity index (χ1v) is 8.04. The molecule has 1 rings (SSSR count). The predicted molar refractivity (Wildman–Crippen MR) is 89.5 cm³/mol. The Kier molecular flexibility index (Phi) is 8.58. The van der Waals surface area contributed by atoms with Gasteiger partial charge in [0.15, 0.2) is 0 Å². The highest BCUT2D eigenvalue weighted by atomic mass is 32.2. The third kappa shape index (κ3) is 7.29. The lowest BCUT2D eigenvalue weighted by molar-refractivity contribution is -0.384. The summed E-state index contributed by atoms with van der Waals surface area (Å²) in [6, 6.07) is 5.04. The number of ether oxygens (including phenoxy) is 2. The summed E-state index contributed by atoms with van der Waals surface area (Å²) in [6.45, 7) is 1.30. The number of nitrogens with one attached hydrogen (secondary N) is 1. The van der Waals surface area contributed by atoms with Crippen LogP contribution in [-0.2, 0) is 4.74 Å². The highest BCUT2D eigenvalue weighted by molar-refractivity contribution is 8.13. The van der Waals surface area contributed by atoms with Gasteiger partial charge in [0.05, 0.1) is 4.92 Å². The molecule has 1 aromatic rings. The standard InChI is InChI=1S/C14H19N3O6S/c1-15-7-8-16(2)13(18)24-10-9-22-14(19)23-12-5-3-11(4-6-12)17(20)21/h3-6,15H,7-10H2,1-2H3. The fraction of sp³-hybridized carbons (Fsp3) is 0.429. The average molecular weight is 357 g/mol. The lowest BCUT2D eigenvalue weighted by Gasteiger charge is -2.15. The van der Waals surface area contributed by atoms with Crippen molar-refractivity contribution in [2.75, 3.05) is 39.5 Å². The Bertz CT molecular complexity index is 566. The van der Waals surface area contributed by atoms with Gasteiger partial charge in [-0.2, -0.15) is 0 Å². The Balaban J connectivity index is 2.24. The zero-order valence-electron chi connectivity index (χ0n) is 13.4. The highest BCUT2D eigenvalue weighted by Gasteiger charge is 2.11. The van der Waals surface area contributed by atoms with Gasteiger partial charge in [0, 0.05) is 38.0 Å². The summed E-state index contributed by atoms with van der Waals surface area (Å²) in [5, 5.41) is 13.3. The largest absolute Gasteiger partial charge is 0.513 e. The maximum atomic E-state index is 11.7. The van der Waals surface area contributed by atoms with E-state index >= 15 is 0 Å². The number of hydrogen-bond donors (Lipinski definition) is 1. The van der Waals surface area contributed by atoms with E-state index in [0.717, 1.165) is 11.8 Å². The molecule has 0 spiro atoms. The fourth-order valence-electron chi connectivity index (χ4n) is 1.50. The molecular formula is C14H19N3O6S. The Morgan fingerprint density at radius 3 is 2.58 bits per heavy atom. The second-order valence-corrected chi connectivity index (χ2v) is 5.64. The first kappa shape index (κ1) is 19.7. The van der Waals surface area contributed by atoms with E-state index < -0.39 is 11.1 Å². The van der Waals surface area contributed by atoms with Crippen molar-refractivity contribution in [3.63, 3.8) is 0 Å². The molecule has 0 aliphatic carbocycles. The molecule has 0 heterocycles. The Labute approximate surface area is 143 Å². The molecule has 0 saturated heterocycles. The number of thioether (sulfide) groups is 1. The molecular weight excluding hydrogens is 338 g/mol. The van der Waals surface area contributed by atoms with Crippen LogP contribution in [0.15, 0.2) is 24.3 Å². The summed E-state index contributed by atoms with van der Waals surface area (Å²) in [6.07, 6.45) is -0.930. The summed E-state index contributed by atoms with van der Waals surface area (Å²) >= 11 is 1.04. The monoisotopic (exact) mass is 357 g/mol. The van der Waals surface area contributed by atoms with Gasteiger partial charge in [-0.3, -0.25) is 14.9 Å². The smallest absolute Gasteiger partial charge is 0.433 e. The normalized spacial score (nSPS) is 10.1. The minimum absolute atomic E-state index is 0.0160. The van der Waals surface area contributed by atoms with Crippen LogP contribution in [-0.4, -0.2) is 60.8 Å². The zero-order valence-corrected chi connectivity index (χ0v) is 14.2. The number of amides is 1. The average Bonchev–Trinajstić information content (AvgIpc) is 2.56. The molecule has 24 heavy (non-hydrogen) atoms. The van der Waals surface area contributed by atoms with E-state index in [0.29, 0.717) is 18.8 Å². The van der Waals surface area contributed by atoms with Gasteiger partial charge in [0.1, 0.15) is 12.4 Å². The summed E-state index contributed by atoms with van der Waals surface area (Å²) in [5.74, 6) is 0.444. The van der Waals surface area contributed by atoms with E-state index in [1.165, 1.54) is 24.3 Å². The number of carbonyl (C=O) groups is 2. The number of likely N-dealkylation sites (N-methyl/N-ethyl adjacent to an activating group) is 2. The molecule has 0 aliphatic heterocycles. The lowest BCUT2D eigenvalue weighted by atomic mass is 10.3. The number of carbonyl (C=O) groups excluding carboxylic acids is 2. The predicted octanol–water partition coefficient (Wildman–Crippen LogP) is 2.11. The van der Waals surface area contributed by atoms with Gasteiger partial charge < -0.3 is 19.7 Å². The topological polar surface area (TPSA) is 111 Å². The molecule has 0 bridgehead atoms. The fourth-order valence-corrected chi connectivity index (χ4v) is 2.15. The van der Waals surface area contributed by atoms with Crippen LogP contribution in [0.5, 0.6) is 5.75 Å². The Morgan fingerprint density at radius 1 is 1.33 bits per heavy atom. The summed E-state index contributed by atoms with van der Waals surface area (Å²) in [7, 11) is 3.49. The van der Waals surface area contributed by atoms with Crippen molar-refractivity contribution in [1.29, 1.82) is 0 Å². The van der Waals surface area contributed by atoms with Crippen molar-refractivity contribution in [3.05, 3.63) is 34.4 Å². The Hall–Kier alpha value is -2.33. The first-order valence-electron chi connectivity index (χ1n) is 7.05. The first-order chi connectivity index (χ1) is 11.4. The number of nitro benzene ring substituents is 1. The Morgan fingerprint density at radius 2 is 2.00 bits per heavy atom. The molecule has 1 aromatic carbocycles. The SMILES string of the molecule is CNCCN(C)C(=O)SCCOC(=O)Oc1ccc([N+](=O)[O-])cc1. The van der Waals surface area contributed by atoms with Crippen LogP contribution in [0.2, 0.25) is 0 Å². The quantitative estimate of drug-likeness (QED) is 0.248. The number of non-ortho nitro benzene ring substituents is 1. The van der Waals surface area contributed by atoms with Crippen LogP contribution >= 0.6 is 11.8 Å². The van der Waals surface area contributed by atoms with Crippen LogP contribution in [0.3, 0.4) is 0 Å². The molecule has 1 amide bonds. The number of rotatable bonds is 8. The zero-order chi connectivity index (χ0) is 17.9. The van der Waals surface area contributed by atoms with Crippen molar-refractivity contribution in [1.82, 2.24) is 10.2 Å². The van der Waals surface area contributed by atoms with Gasteiger partial charge in [-0.15, -0.1) is 0 Å². The molecule has 0 unspecified atom stereocenters. The van der Waals surface area contributed by atoms with Crippen molar-refractivity contribution in [2.45, 2.75) is 0 Å². The molecule has 0 aliphatic rings. The summed E-state index contributed by atoms with van der Waals surface area (Å²) in [5.41, 5.74) is -0.104. The maximum Gasteiger partial charge on any atom is 0.513 e. The second-order valence-electron chi connectivity index (χ2n) is 4.59. The van der Waals surface area contributed by atoms with Crippen molar-refractivity contribution >= 4 is 28.8 Å². The number of nitro groups is 1. The molecule has 9 nitrogen and oxygen atoms in total.